The number of carbonyl (C=O) groups excluding carboxylic acids is 2. The lowest BCUT2D eigenvalue weighted by molar-refractivity contribution is -0.124. The number of guanidine groups is 1. The van der Waals surface area contributed by atoms with E-state index in [2.05, 4.69) is 26.3 Å². The van der Waals surface area contributed by atoms with Gasteiger partial charge in [-0.05, 0) is 19.1 Å². The number of hydrogen-bond acceptors (Lipinski definition) is 3. The van der Waals surface area contributed by atoms with E-state index >= 15 is 0 Å². The second-order valence-electron chi connectivity index (χ2n) is 5.41. The van der Waals surface area contributed by atoms with Gasteiger partial charge in [0.05, 0.1) is 26.2 Å². The van der Waals surface area contributed by atoms with Crippen molar-refractivity contribution in [3.05, 3.63) is 24.0 Å². The minimum Gasteiger partial charge on any atom is -0.357 e. The molecule has 1 fully saturated rings. The molecule has 1 aromatic heterocycles. The Morgan fingerprint density at radius 3 is 2.75 bits per heavy atom. The normalized spacial score (nSPS) is 14.5. The Hall–Kier alpha value is -1.78. The fourth-order valence-electron chi connectivity index (χ4n) is 2.39. The first-order valence-corrected chi connectivity index (χ1v) is 7.70. The Balaban J connectivity index is 0.00000288. The van der Waals surface area contributed by atoms with Crippen LogP contribution in [0.2, 0.25) is 0 Å². The zero-order valence-corrected chi connectivity index (χ0v) is 16.6. The molecule has 0 radical (unpaired) electrons. The van der Waals surface area contributed by atoms with Gasteiger partial charge in [0.25, 0.3) is 0 Å². The fourth-order valence-corrected chi connectivity index (χ4v) is 2.39. The number of aromatic nitrogens is 1. The predicted molar refractivity (Wildman–Crippen MR) is 103 cm³/mol. The number of amides is 3. The molecule has 134 valence electrons. The Kier molecular flexibility index (Phi) is 8.02. The summed E-state index contributed by atoms with van der Waals surface area (Å²) >= 11 is 0. The highest BCUT2D eigenvalue weighted by molar-refractivity contribution is 14.0. The van der Waals surface area contributed by atoms with Gasteiger partial charge in [-0.15, -0.1) is 24.0 Å². The van der Waals surface area contributed by atoms with Crippen LogP contribution in [0, 0.1) is 0 Å². The average Bonchev–Trinajstić information content (AvgIpc) is 3.06. The molecule has 0 spiro atoms. The van der Waals surface area contributed by atoms with Crippen LogP contribution in [-0.2, 0) is 18.4 Å². The number of urea groups is 1. The number of rotatable bonds is 6. The summed E-state index contributed by atoms with van der Waals surface area (Å²) in [5.74, 6) is 0.549. The average molecular weight is 448 g/mol. The molecule has 1 aromatic rings. The van der Waals surface area contributed by atoms with Gasteiger partial charge in [0, 0.05) is 32.5 Å². The van der Waals surface area contributed by atoms with Crippen LogP contribution in [0.1, 0.15) is 12.6 Å². The minimum absolute atomic E-state index is 0. The smallest absolute Gasteiger partial charge is 0.324 e. The molecule has 0 aromatic carbocycles. The maximum absolute atomic E-state index is 11.5. The quantitative estimate of drug-likeness (QED) is 0.289. The van der Waals surface area contributed by atoms with Crippen LogP contribution in [-0.4, -0.2) is 65.5 Å². The molecule has 24 heavy (non-hydrogen) atoms. The fraction of sp³-hybridized carbons (Fsp3) is 0.533. The molecule has 8 nitrogen and oxygen atoms in total. The summed E-state index contributed by atoms with van der Waals surface area (Å²) in [6.07, 6.45) is 2.00. The van der Waals surface area contributed by atoms with Crippen molar-refractivity contribution in [2.45, 2.75) is 13.5 Å². The van der Waals surface area contributed by atoms with E-state index in [1.54, 1.807) is 0 Å². The summed E-state index contributed by atoms with van der Waals surface area (Å²) in [6.45, 7) is 4.22. The van der Waals surface area contributed by atoms with Crippen LogP contribution in [0.5, 0.6) is 0 Å². The van der Waals surface area contributed by atoms with Crippen molar-refractivity contribution < 1.29 is 9.59 Å². The highest BCUT2D eigenvalue weighted by atomic mass is 127. The van der Waals surface area contributed by atoms with E-state index in [0.717, 1.165) is 19.0 Å². The van der Waals surface area contributed by atoms with Gasteiger partial charge >= 0.3 is 6.03 Å². The van der Waals surface area contributed by atoms with Crippen molar-refractivity contribution in [2.24, 2.45) is 12.0 Å². The number of imide groups is 1. The van der Waals surface area contributed by atoms with Gasteiger partial charge in [-0.3, -0.25) is 14.7 Å². The highest BCUT2D eigenvalue weighted by Gasteiger charge is 2.27. The molecule has 0 unspecified atom stereocenters. The van der Waals surface area contributed by atoms with E-state index in [9.17, 15) is 9.59 Å². The third-order valence-corrected chi connectivity index (χ3v) is 3.67. The predicted octanol–water partition coefficient (Wildman–Crippen LogP) is 0.592. The molecule has 2 heterocycles. The summed E-state index contributed by atoms with van der Waals surface area (Å²) < 4.78 is 2.06. The highest BCUT2D eigenvalue weighted by Crippen LogP contribution is 2.04. The molecule has 1 aliphatic rings. The van der Waals surface area contributed by atoms with Gasteiger partial charge in [0.15, 0.2) is 5.96 Å². The van der Waals surface area contributed by atoms with Crippen LogP contribution in [0.3, 0.4) is 0 Å². The molecule has 0 bridgehead atoms. The molecular weight excluding hydrogens is 423 g/mol. The number of nitrogens with one attached hydrogen (secondary N) is 2. The van der Waals surface area contributed by atoms with Crippen LogP contribution in [0.15, 0.2) is 23.3 Å². The maximum Gasteiger partial charge on any atom is 0.324 e. The van der Waals surface area contributed by atoms with Gasteiger partial charge in [-0.1, -0.05) is 0 Å². The Bertz CT molecular complexity index is 585. The Morgan fingerprint density at radius 1 is 1.46 bits per heavy atom. The first-order chi connectivity index (χ1) is 11.0. The van der Waals surface area contributed by atoms with Crippen molar-refractivity contribution in [1.82, 2.24) is 25.0 Å². The summed E-state index contributed by atoms with van der Waals surface area (Å²) in [6, 6.07) is 3.73. The van der Waals surface area contributed by atoms with E-state index in [0.29, 0.717) is 6.54 Å². The van der Waals surface area contributed by atoms with E-state index < -0.39 is 0 Å². The Morgan fingerprint density at radius 2 is 2.21 bits per heavy atom. The lowest BCUT2D eigenvalue weighted by Crippen LogP contribution is -2.40. The van der Waals surface area contributed by atoms with Gasteiger partial charge in [0.1, 0.15) is 0 Å². The first kappa shape index (κ1) is 20.3. The van der Waals surface area contributed by atoms with Crippen molar-refractivity contribution in [2.75, 3.05) is 33.2 Å². The van der Waals surface area contributed by atoms with Crippen LogP contribution >= 0.6 is 24.0 Å². The molecule has 2 N–H and O–H groups in total. The van der Waals surface area contributed by atoms with Crippen LogP contribution in [0.4, 0.5) is 4.79 Å². The summed E-state index contributed by atoms with van der Waals surface area (Å²) in [5, 5.41) is 5.73. The second kappa shape index (κ2) is 9.50. The van der Waals surface area contributed by atoms with Crippen molar-refractivity contribution in [3.63, 3.8) is 0 Å². The molecule has 1 aliphatic heterocycles. The zero-order valence-electron chi connectivity index (χ0n) is 14.3. The third-order valence-electron chi connectivity index (χ3n) is 3.67. The van der Waals surface area contributed by atoms with Crippen LogP contribution in [0.25, 0.3) is 0 Å². The molecule has 0 saturated carbocycles. The second-order valence-corrected chi connectivity index (χ2v) is 5.41. The summed E-state index contributed by atoms with van der Waals surface area (Å²) in [4.78, 5) is 30.7. The number of aryl methyl sites for hydroxylation is 1. The van der Waals surface area contributed by atoms with Crippen LogP contribution < -0.4 is 10.6 Å². The lowest BCUT2D eigenvalue weighted by Gasteiger charge is -2.22. The van der Waals surface area contributed by atoms with E-state index in [-0.39, 0.29) is 49.0 Å². The first-order valence-electron chi connectivity index (χ1n) is 7.70. The van der Waals surface area contributed by atoms with Crippen molar-refractivity contribution in [3.8, 4) is 0 Å². The van der Waals surface area contributed by atoms with E-state index in [1.165, 1.54) is 10.6 Å². The number of nitrogens with zero attached hydrogens (tertiary/aromatic N) is 4. The van der Waals surface area contributed by atoms with Crippen molar-refractivity contribution >= 4 is 41.9 Å². The molecule has 1 saturated heterocycles. The minimum atomic E-state index is -0.340. The SMILES string of the molecule is CCNC(=NCCN1C(=O)CNC1=O)N(C)Cc1cccn1C.I. The molecular formula is C15H25IN6O2. The van der Waals surface area contributed by atoms with Gasteiger partial charge in [0.2, 0.25) is 5.91 Å². The number of halogens is 1. The van der Waals surface area contributed by atoms with Crippen molar-refractivity contribution in [1.29, 1.82) is 0 Å². The molecule has 3 amide bonds. The molecule has 2 rings (SSSR count). The molecule has 0 aliphatic carbocycles. The largest absolute Gasteiger partial charge is 0.357 e. The number of hydrogen-bond donors (Lipinski definition) is 2. The van der Waals surface area contributed by atoms with Gasteiger partial charge in [-0.2, -0.15) is 0 Å². The summed E-state index contributed by atoms with van der Waals surface area (Å²) in [7, 11) is 3.97. The van der Waals surface area contributed by atoms with Gasteiger partial charge < -0.3 is 20.1 Å². The zero-order chi connectivity index (χ0) is 16.8. The Labute approximate surface area is 159 Å². The summed E-state index contributed by atoms with van der Waals surface area (Å²) in [5.41, 5.74) is 1.17. The number of aliphatic imine (C=N–C) groups is 1. The standard InChI is InChI=1S/C15H24N6O2.HI/c1-4-16-14(20(3)11-12-6-5-8-19(12)2)17-7-9-21-13(22)10-18-15(21)23;/h5-6,8H,4,7,9-11H2,1-3H3,(H,16,17)(H,18,23);1H. The lowest BCUT2D eigenvalue weighted by atomic mass is 10.4. The molecule has 0 atom stereocenters. The maximum atomic E-state index is 11.5. The topological polar surface area (TPSA) is 82.0 Å². The van der Waals surface area contributed by atoms with E-state index in [1.807, 2.05) is 38.2 Å². The monoisotopic (exact) mass is 448 g/mol. The molecule has 9 heteroatoms. The third kappa shape index (κ3) is 5.11. The van der Waals surface area contributed by atoms with Gasteiger partial charge in [-0.25, -0.2) is 4.79 Å². The number of carbonyl (C=O) groups is 2. The van der Waals surface area contributed by atoms with E-state index in [4.69, 9.17) is 0 Å².